The van der Waals surface area contributed by atoms with Crippen molar-refractivity contribution in [3.8, 4) is 5.75 Å². The molecule has 1 heterocycles. The zero-order valence-electron chi connectivity index (χ0n) is 19.9. The number of carbonyl (C=O) groups excluding carboxylic acids is 2. The summed E-state index contributed by atoms with van der Waals surface area (Å²) in [6.45, 7) is 3.36. The SMILES string of the molecule is CCCCCCOc1ccc(C2C(C(=O)C=Cc3ccccc3)=C(O)C(=O)N2CCOC)cc1. The van der Waals surface area contributed by atoms with Crippen LogP contribution in [-0.2, 0) is 14.3 Å². The quantitative estimate of drug-likeness (QED) is 0.323. The molecule has 1 aliphatic heterocycles. The third-order valence-electron chi connectivity index (χ3n) is 5.79. The van der Waals surface area contributed by atoms with E-state index in [2.05, 4.69) is 6.92 Å². The number of hydrogen-bond acceptors (Lipinski definition) is 5. The van der Waals surface area contributed by atoms with Gasteiger partial charge in [0.05, 0.1) is 24.8 Å². The highest BCUT2D eigenvalue weighted by Crippen LogP contribution is 2.38. The van der Waals surface area contributed by atoms with Crippen molar-refractivity contribution < 1.29 is 24.2 Å². The van der Waals surface area contributed by atoms with Crippen molar-refractivity contribution in [2.24, 2.45) is 0 Å². The van der Waals surface area contributed by atoms with Crippen LogP contribution in [0.25, 0.3) is 6.08 Å². The van der Waals surface area contributed by atoms with Crippen LogP contribution in [0.4, 0.5) is 0 Å². The molecule has 0 bridgehead atoms. The Balaban J connectivity index is 1.82. The standard InChI is InChI=1S/C28H33NO5/c1-3-4-5-9-19-34-23-15-13-22(14-16-23)26-25(27(31)28(32)29(26)18-20-33-2)24(30)17-12-21-10-7-6-8-11-21/h6-8,10-17,26,31H,3-5,9,18-20H2,1-2H3. The average Bonchev–Trinajstić information content (AvgIpc) is 3.12. The van der Waals surface area contributed by atoms with Gasteiger partial charge in [-0.1, -0.05) is 74.7 Å². The van der Waals surface area contributed by atoms with Crippen molar-refractivity contribution in [3.63, 3.8) is 0 Å². The van der Waals surface area contributed by atoms with Crippen LogP contribution in [0.3, 0.4) is 0 Å². The van der Waals surface area contributed by atoms with E-state index in [1.54, 1.807) is 13.2 Å². The highest BCUT2D eigenvalue weighted by atomic mass is 16.5. The number of aliphatic hydroxyl groups is 1. The van der Waals surface area contributed by atoms with Crippen molar-refractivity contribution in [2.45, 2.75) is 38.6 Å². The largest absolute Gasteiger partial charge is 0.503 e. The number of allylic oxidation sites excluding steroid dienone is 1. The van der Waals surface area contributed by atoms with Crippen LogP contribution in [0.5, 0.6) is 5.75 Å². The van der Waals surface area contributed by atoms with Crippen molar-refractivity contribution in [3.05, 3.63) is 83.1 Å². The second-order valence-electron chi connectivity index (χ2n) is 8.24. The summed E-state index contributed by atoms with van der Waals surface area (Å²) in [5, 5.41) is 10.6. The molecule has 0 saturated heterocycles. The Morgan fingerprint density at radius 2 is 1.76 bits per heavy atom. The number of amides is 1. The van der Waals surface area contributed by atoms with Crippen molar-refractivity contribution in [1.82, 2.24) is 4.90 Å². The third kappa shape index (κ3) is 6.35. The van der Waals surface area contributed by atoms with Gasteiger partial charge in [0, 0.05) is 13.7 Å². The van der Waals surface area contributed by atoms with Crippen LogP contribution in [0.15, 0.2) is 72.0 Å². The second kappa shape index (κ2) is 12.8. The van der Waals surface area contributed by atoms with E-state index in [1.165, 1.54) is 23.8 Å². The number of methoxy groups -OCH3 is 1. The summed E-state index contributed by atoms with van der Waals surface area (Å²) in [4.78, 5) is 27.4. The minimum Gasteiger partial charge on any atom is -0.503 e. The summed E-state index contributed by atoms with van der Waals surface area (Å²) in [6, 6.07) is 16.1. The van der Waals surface area contributed by atoms with Gasteiger partial charge in [-0.05, 0) is 35.8 Å². The van der Waals surface area contributed by atoms with Crippen molar-refractivity contribution >= 4 is 17.8 Å². The number of rotatable bonds is 13. The molecule has 1 unspecified atom stereocenters. The molecule has 6 nitrogen and oxygen atoms in total. The van der Waals surface area contributed by atoms with Gasteiger partial charge in [0.25, 0.3) is 5.91 Å². The molecular formula is C28H33NO5. The maximum absolute atomic E-state index is 13.1. The van der Waals surface area contributed by atoms with Crippen LogP contribution in [0.2, 0.25) is 0 Å². The van der Waals surface area contributed by atoms with E-state index in [9.17, 15) is 14.7 Å². The molecule has 34 heavy (non-hydrogen) atoms. The molecule has 6 heteroatoms. The average molecular weight is 464 g/mol. The van der Waals surface area contributed by atoms with Gasteiger partial charge in [-0.15, -0.1) is 0 Å². The molecule has 0 aliphatic carbocycles. The zero-order valence-corrected chi connectivity index (χ0v) is 19.9. The second-order valence-corrected chi connectivity index (χ2v) is 8.24. The van der Waals surface area contributed by atoms with Gasteiger partial charge in [-0.3, -0.25) is 9.59 Å². The number of benzene rings is 2. The van der Waals surface area contributed by atoms with Crippen molar-refractivity contribution in [1.29, 1.82) is 0 Å². The fraction of sp³-hybridized carbons (Fsp3) is 0.357. The van der Waals surface area contributed by atoms with E-state index < -0.39 is 23.5 Å². The molecule has 180 valence electrons. The highest BCUT2D eigenvalue weighted by molar-refractivity contribution is 6.14. The number of aliphatic hydroxyl groups excluding tert-OH is 1. The van der Waals surface area contributed by atoms with E-state index in [4.69, 9.17) is 9.47 Å². The van der Waals surface area contributed by atoms with E-state index in [0.717, 1.165) is 29.7 Å². The molecule has 1 N–H and O–H groups in total. The number of hydrogen-bond donors (Lipinski definition) is 1. The summed E-state index contributed by atoms with van der Waals surface area (Å²) in [5.41, 5.74) is 1.65. The third-order valence-corrected chi connectivity index (χ3v) is 5.79. The van der Waals surface area contributed by atoms with Crippen molar-refractivity contribution in [2.75, 3.05) is 26.9 Å². The van der Waals surface area contributed by atoms with Crippen LogP contribution < -0.4 is 4.74 Å². The minimum atomic E-state index is -0.700. The molecule has 1 amide bonds. The fourth-order valence-corrected chi connectivity index (χ4v) is 3.96. The van der Waals surface area contributed by atoms with Crippen LogP contribution >= 0.6 is 0 Å². The normalized spacial score (nSPS) is 16.0. The zero-order chi connectivity index (χ0) is 24.3. The molecular weight excluding hydrogens is 430 g/mol. The Hall–Kier alpha value is -3.38. The molecule has 0 fully saturated rings. The predicted octanol–water partition coefficient (Wildman–Crippen LogP) is 5.27. The summed E-state index contributed by atoms with van der Waals surface area (Å²) >= 11 is 0. The molecule has 2 aromatic carbocycles. The molecule has 1 aliphatic rings. The Morgan fingerprint density at radius 1 is 1.03 bits per heavy atom. The summed E-state index contributed by atoms with van der Waals surface area (Å²) in [7, 11) is 1.55. The van der Waals surface area contributed by atoms with E-state index >= 15 is 0 Å². The van der Waals surface area contributed by atoms with Crippen LogP contribution in [-0.4, -0.2) is 48.6 Å². The molecule has 0 saturated carbocycles. The van der Waals surface area contributed by atoms with E-state index in [0.29, 0.717) is 6.61 Å². The number of ketones is 1. The van der Waals surface area contributed by atoms with Gasteiger partial charge in [-0.2, -0.15) is 0 Å². The monoisotopic (exact) mass is 463 g/mol. The molecule has 0 spiro atoms. The Labute approximate surface area is 201 Å². The van der Waals surface area contributed by atoms with Gasteiger partial charge < -0.3 is 19.5 Å². The summed E-state index contributed by atoms with van der Waals surface area (Å²) in [6.07, 6.45) is 7.59. The molecule has 3 rings (SSSR count). The predicted molar refractivity (Wildman–Crippen MR) is 133 cm³/mol. The smallest absolute Gasteiger partial charge is 0.290 e. The molecule has 0 aromatic heterocycles. The number of unbranched alkanes of at least 4 members (excludes halogenated alkanes) is 3. The summed E-state index contributed by atoms with van der Waals surface area (Å²) in [5.74, 6) is -0.760. The maximum Gasteiger partial charge on any atom is 0.290 e. The lowest BCUT2D eigenvalue weighted by Gasteiger charge is -2.26. The number of carbonyl (C=O) groups is 2. The van der Waals surface area contributed by atoms with Gasteiger partial charge in [0.15, 0.2) is 11.5 Å². The van der Waals surface area contributed by atoms with E-state index in [1.807, 2.05) is 54.6 Å². The lowest BCUT2D eigenvalue weighted by Crippen LogP contribution is -2.33. The van der Waals surface area contributed by atoms with Gasteiger partial charge in [0.1, 0.15) is 5.75 Å². The summed E-state index contributed by atoms with van der Waals surface area (Å²) < 4.78 is 11.0. The van der Waals surface area contributed by atoms with Gasteiger partial charge in [-0.25, -0.2) is 0 Å². The van der Waals surface area contributed by atoms with Gasteiger partial charge >= 0.3 is 0 Å². The van der Waals surface area contributed by atoms with Gasteiger partial charge in [0.2, 0.25) is 0 Å². The van der Waals surface area contributed by atoms with E-state index in [-0.39, 0.29) is 18.7 Å². The topological polar surface area (TPSA) is 76.1 Å². The Kier molecular flexibility index (Phi) is 9.47. The van der Waals surface area contributed by atoms with Crippen LogP contribution in [0.1, 0.15) is 49.8 Å². The lowest BCUT2D eigenvalue weighted by atomic mass is 9.95. The number of nitrogens with zero attached hydrogens (tertiary/aromatic N) is 1. The highest BCUT2D eigenvalue weighted by Gasteiger charge is 2.42. The Morgan fingerprint density at radius 3 is 2.44 bits per heavy atom. The molecule has 2 aromatic rings. The minimum absolute atomic E-state index is 0.0709. The first-order valence-electron chi connectivity index (χ1n) is 11.8. The first-order chi connectivity index (χ1) is 16.6. The Bertz CT molecular complexity index is 1010. The first-order valence-corrected chi connectivity index (χ1v) is 11.8. The lowest BCUT2D eigenvalue weighted by molar-refractivity contribution is -0.130. The molecule has 1 atom stereocenters. The first kappa shape index (κ1) is 25.2. The maximum atomic E-state index is 13.1. The fourth-order valence-electron chi connectivity index (χ4n) is 3.96. The number of ether oxygens (including phenoxy) is 2. The van der Waals surface area contributed by atoms with Crippen LogP contribution in [0, 0.1) is 0 Å². The molecule has 0 radical (unpaired) electrons.